The molecule has 2 aliphatic carbocycles. The average Bonchev–Trinajstić information content (AvgIpc) is 2.94. The van der Waals surface area contributed by atoms with Crippen LogP contribution in [0.5, 0.6) is 0 Å². The molecule has 1 aromatic carbocycles. The first-order chi connectivity index (χ1) is 8.63. The fraction of sp³-hybridized carbons (Fsp3) is 0.467. The Morgan fingerprint density at radius 1 is 1.33 bits per heavy atom. The Morgan fingerprint density at radius 2 is 2.17 bits per heavy atom. The molecule has 96 valence electrons. The van der Waals surface area contributed by atoms with Crippen molar-refractivity contribution in [2.45, 2.75) is 25.8 Å². The number of anilines is 1. The van der Waals surface area contributed by atoms with E-state index in [4.69, 9.17) is 11.6 Å². The molecule has 0 saturated heterocycles. The number of allylic oxidation sites excluding steroid dienone is 2. The lowest BCUT2D eigenvalue weighted by molar-refractivity contribution is 0.400. The average molecular weight is 327 g/mol. The van der Waals surface area contributed by atoms with Gasteiger partial charge in [0.15, 0.2) is 0 Å². The third kappa shape index (κ3) is 2.33. The first-order valence-electron chi connectivity index (χ1n) is 6.53. The second-order valence-electron chi connectivity index (χ2n) is 5.50. The van der Waals surface area contributed by atoms with Crippen molar-refractivity contribution in [1.82, 2.24) is 0 Å². The van der Waals surface area contributed by atoms with Gasteiger partial charge in [0, 0.05) is 21.2 Å². The number of hydrogen-bond donors (Lipinski definition) is 1. The van der Waals surface area contributed by atoms with Gasteiger partial charge in [0.1, 0.15) is 0 Å². The van der Waals surface area contributed by atoms with E-state index in [0.717, 1.165) is 32.9 Å². The lowest BCUT2D eigenvalue weighted by atomic mass is 9.87. The molecule has 0 amide bonds. The van der Waals surface area contributed by atoms with E-state index in [1.807, 2.05) is 18.2 Å². The van der Waals surface area contributed by atoms with Crippen LogP contribution in [-0.2, 0) is 0 Å². The molecule has 2 bridgehead atoms. The molecule has 0 spiro atoms. The van der Waals surface area contributed by atoms with Crippen LogP contribution < -0.4 is 5.32 Å². The van der Waals surface area contributed by atoms with Crippen molar-refractivity contribution in [1.29, 1.82) is 0 Å². The number of rotatable bonds is 3. The molecule has 1 saturated carbocycles. The first-order valence-corrected chi connectivity index (χ1v) is 7.70. The Labute approximate surface area is 122 Å². The number of nitrogens with one attached hydrogen (secondary N) is 1. The third-order valence-corrected chi connectivity index (χ3v) is 5.18. The monoisotopic (exact) mass is 325 g/mol. The molecule has 1 nitrogen and oxygen atoms in total. The van der Waals surface area contributed by atoms with Gasteiger partial charge in [-0.1, -0.05) is 23.8 Å². The highest BCUT2D eigenvalue weighted by atomic mass is 79.9. The molecule has 3 heteroatoms. The zero-order chi connectivity index (χ0) is 12.7. The Bertz CT molecular complexity index is 485. The van der Waals surface area contributed by atoms with Crippen molar-refractivity contribution in [2.75, 3.05) is 5.32 Å². The summed E-state index contributed by atoms with van der Waals surface area (Å²) in [4.78, 5) is 0. The molecular formula is C15H17BrClN. The van der Waals surface area contributed by atoms with Crippen LogP contribution in [0.3, 0.4) is 0 Å². The summed E-state index contributed by atoms with van der Waals surface area (Å²) in [6, 6.07) is 6.42. The maximum Gasteiger partial charge on any atom is 0.0487 e. The van der Waals surface area contributed by atoms with Gasteiger partial charge in [0.05, 0.1) is 0 Å². The maximum absolute atomic E-state index is 5.97. The van der Waals surface area contributed by atoms with E-state index in [9.17, 15) is 0 Å². The molecule has 3 rings (SSSR count). The van der Waals surface area contributed by atoms with Gasteiger partial charge in [-0.05, 0) is 71.6 Å². The highest BCUT2D eigenvalue weighted by Gasteiger charge is 2.38. The molecule has 1 aromatic rings. The third-order valence-electron chi connectivity index (χ3n) is 4.29. The molecule has 18 heavy (non-hydrogen) atoms. The summed E-state index contributed by atoms with van der Waals surface area (Å²) in [5.74, 6) is 2.38. The summed E-state index contributed by atoms with van der Waals surface area (Å²) in [6.45, 7) is 2.29. The lowest BCUT2D eigenvalue weighted by Gasteiger charge is -2.27. The molecular weight excluding hydrogens is 310 g/mol. The molecule has 0 aromatic heterocycles. The number of benzene rings is 1. The maximum atomic E-state index is 5.97. The summed E-state index contributed by atoms with van der Waals surface area (Å²) >= 11 is 9.53. The predicted molar refractivity (Wildman–Crippen MR) is 81.1 cm³/mol. The highest BCUT2D eigenvalue weighted by Crippen LogP contribution is 2.45. The summed E-state index contributed by atoms with van der Waals surface area (Å²) in [5, 5.41) is 4.39. The van der Waals surface area contributed by atoms with E-state index in [0.29, 0.717) is 6.04 Å². The predicted octanol–water partition coefficient (Wildman–Crippen LogP) is 5.12. The van der Waals surface area contributed by atoms with Gasteiger partial charge in [-0.25, -0.2) is 0 Å². The van der Waals surface area contributed by atoms with Crippen molar-refractivity contribution in [3.05, 3.63) is 39.8 Å². The van der Waals surface area contributed by atoms with Crippen LogP contribution in [0.25, 0.3) is 0 Å². The van der Waals surface area contributed by atoms with Crippen LogP contribution in [-0.4, -0.2) is 6.04 Å². The summed E-state index contributed by atoms with van der Waals surface area (Å²) < 4.78 is 1.04. The number of halogens is 2. The molecule has 0 heterocycles. The van der Waals surface area contributed by atoms with Gasteiger partial charge >= 0.3 is 0 Å². The normalized spacial score (nSPS) is 30.7. The standard InChI is InChI=1S/C15H17BrClN/c1-9(13-7-10-2-3-11(13)6-10)18-15-5-4-12(17)8-14(15)16/h2-5,8-11,13,18H,6-7H2,1H3. The molecule has 0 radical (unpaired) electrons. The van der Waals surface area contributed by atoms with Crippen molar-refractivity contribution in [2.24, 2.45) is 17.8 Å². The summed E-state index contributed by atoms with van der Waals surface area (Å²) in [6.07, 6.45) is 7.50. The topological polar surface area (TPSA) is 12.0 Å². The largest absolute Gasteiger partial charge is 0.381 e. The summed E-state index contributed by atoms with van der Waals surface area (Å²) in [5.41, 5.74) is 1.14. The van der Waals surface area contributed by atoms with Crippen molar-refractivity contribution >= 4 is 33.2 Å². The van der Waals surface area contributed by atoms with Crippen molar-refractivity contribution in [3.8, 4) is 0 Å². The quantitative estimate of drug-likeness (QED) is 0.761. The fourth-order valence-corrected chi connectivity index (χ4v) is 4.15. The van der Waals surface area contributed by atoms with E-state index in [1.165, 1.54) is 12.8 Å². The van der Waals surface area contributed by atoms with E-state index in [-0.39, 0.29) is 0 Å². The molecule has 4 atom stereocenters. The number of hydrogen-bond acceptors (Lipinski definition) is 1. The van der Waals surface area contributed by atoms with E-state index in [2.05, 4.69) is 40.3 Å². The molecule has 2 aliphatic rings. The Kier molecular flexibility index (Phi) is 3.42. The minimum atomic E-state index is 0.502. The zero-order valence-corrected chi connectivity index (χ0v) is 12.7. The van der Waals surface area contributed by atoms with Crippen LogP contribution in [0.4, 0.5) is 5.69 Å². The van der Waals surface area contributed by atoms with Crippen LogP contribution in [0.1, 0.15) is 19.8 Å². The van der Waals surface area contributed by atoms with Crippen LogP contribution in [0, 0.1) is 17.8 Å². The minimum absolute atomic E-state index is 0.502. The second-order valence-corrected chi connectivity index (χ2v) is 6.79. The molecule has 0 aliphatic heterocycles. The van der Waals surface area contributed by atoms with Crippen molar-refractivity contribution < 1.29 is 0 Å². The molecule has 1 fully saturated rings. The Morgan fingerprint density at radius 3 is 2.78 bits per heavy atom. The van der Waals surface area contributed by atoms with Gasteiger partial charge < -0.3 is 5.32 Å². The Balaban J connectivity index is 1.71. The van der Waals surface area contributed by atoms with Crippen LogP contribution >= 0.6 is 27.5 Å². The number of fused-ring (bicyclic) bond motifs is 2. The van der Waals surface area contributed by atoms with Crippen LogP contribution in [0.2, 0.25) is 5.02 Å². The van der Waals surface area contributed by atoms with Gasteiger partial charge in [0.25, 0.3) is 0 Å². The van der Waals surface area contributed by atoms with Gasteiger partial charge in [-0.3, -0.25) is 0 Å². The minimum Gasteiger partial charge on any atom is -0.381 e. The summed E-state index contributed by atoms with van der Waals surface area (Å²) in [7, 11) is 0. The zero-order valence-electron chi connectivity index (χ0n) is 10.4. The second kappa shape index (κ2) is 4.90. The van der Waals surface area contributed by atoms with Crippen LogP contribution in [0.15, 0.2) is 34.8 Å². The van der Waals surface area contributed by atoms with E-state index >= 15 is 0 Å². The fourth-order valence-electron chi connectivity index (χ4n) is 3.36. The lowest BCUT2D eigenvalue weighted by Crippen LogP contribution is -2.28. The first kappa shape index (κ1) is 12.6. The molecule has 1 N–H and O–H groups in total. The van der Waals surface area contributed by atoms with Crippen molar-refractivity contribution in [3.63, 3.8) is 0 Å². The van der Waals surface area contributed by atoms with Gasteiger partial charge in [-0.15, -0.1) is 0 Å². The van der Waals surface area contributed by atoms with Gasteiger partial charge in [-0.2, -0.15) is 0 Å². The van der Waals surface area contributed by atoms with E-state index < -0.39 is 0 Å². The van der Waals surface area contributed by atoms with Gasteiger partial charge in [0.2, 0.25) is 0 Å². The van der Waals surface area contributed by atoms with E-state index in [1.54, 1.807) is 0 Å². The SMILES string of the molecule is CC(Nc1ccc(Cl)cc1Br)C1CC2C=CC1C2. The molecule has 4 unspecified atom stereocenters. The Hall–Kier alpha value is -0.470. The smallest absolute Gasteiger partial charge is 0.0487 e. The highest BCUT2D eigenvalue weighted by molar-refractivity contribution is 9.10.